The number of amides is 1. The van der Waals surface area contributed by atoms with Crippen molar-refractivity contribution in [3.63, 3.8) is 0 Å². The molecule has 1 aromatic rings. The predicted molar refractivity (Wildman–Crippen MR) is 88.7 cm³/mol. The first-order valence-electron chi connectivity index (χ1n) is 8.16. The van der Waals surface area contributed by atoms with Gasteiger partial charge in [-0.15, -0.1) is 0 Å². The van der Waals surface area contributed by atoms with Crippen molar-refractivity contribution in [1.29, 1.82) is 0 Å². The van der Waals surface area contributed by atoms with E-state index >= 15 is 0 Å². The smallest absolute Gasteiger partial charge is 0.410 e. The fourth-order valence-corrected chi connectivity index (χ4v) is 2.89. The van der Waals surface area contributed by atoms with Gasteiger partial charge in [0.2, 0.25) is 0 Å². The molecule has 0 aliphatic carbocycles. The minimum Gasteiger partial charge on any atom is -0.444 e. The van der Waals surface area contributed by atoms with Gasteiger partial charge in [0.05, 0.1) is 12.6 Å². The van der Waals surface area contributed by atoms with E-state index in [9.17, 15) is 4.79 Å². The topological polar surface area (TPSA) is 46.5 Å². The maximum absolute atomic E-state index is 12.4. The van der Waals surface area contributed by atoms with Crippen LogP contribution in [0.3, 0.4) is 0 Å². The second-order valence-corrected chi connectivity index (χ2v) is 7.14. The molecule has 1 saturated heterocycles. The Bertz CT molecular complexity index is 497. The average molecular weight is 307 g/mol. The summed E-state index contributed by atoms with van der Waals surface area (Å²) in [6.07, 6.45) is 3.04. The van der Waals surface area contributed by atoms with Crippen molar-refractivity contribution >= 4 is 6.09 Å². The van der Waals surface area contributed by atoms with Crippen LogP contribution in [0.1, 0.15) is 51.4 Å². The van der Waals surface area contributed by atoms with Gasteiger partial charge in [-0.1, -0.05) is 0 Å². The molecule has 5 heteroatoms. The van der Waals surface area contributed by atoms with Crippen LogP contribution in [0.4, 0.5) is 4.79 Å². The van der Waals surface area contributed by atoms with Gasteiger partial charge in [-0.25, -0.2) is 4.79 Å². The Morgan fingerprint density at radius 1 is 1.27 bits per heavy atom. The highest BCUT2D eigenvalue weighted by molar-refractivity contribution is 5.68. The summed E-state index contributed by atoms with van der Waals surface area (Å²) in [7, 11) is 0. The summed E-state index contributed by atoms with van der Waals surface area (Å²) in [4.78, 5) is 14.3. The number of hydrogen-bond acceptors (Lipinski definition) is 3. The molecule has 124 valence electrons. The molecule has 0 aromatic carbocycles. The first kappa shape index (κ1) is 16.7. The Morgan fingerprint density at radius 3 is 2.50 bits per heavy atom. The van der Waals surface area contributed by atoms with E-state index in [1.165, 1.54) is 11.4 Å². The van der Waals surface area contributed by atoms with Gasteiger partial charge in [0.1, 0.15) is 5.60 Å². The zero-order valence-corrected chi connectivity index (χ0v) is 14.5. The zero-order valence-electron chi connectivity index (χ0n) is 14.5. The van der Waals surface area contributed by atoms with Crippen molar-refractivity contribution in [2.75, 3.05) is 18.5 Å². The molecule has 22 heavy (non-hydrogen) atoms. The third-order valence-electron chi connectivity index (χ3n) is 4.01. The fourth-order valence-electron chi connectivity index (χ4n) is 2.89. The molecular weight excluding hydrogens is 278 g/mol. The lowest BCUT2D eigenvalue weighted by Gasteiger charge is -2.37. The maximum atomic E-state index is 12.4. The van der Waals surface area contributed by atoms with Crippen LogP contribution < -0.4 is 5.43 Å². The number of aromatic nitrogens is 1. The van der Waals surface area contributed by atoms with Crippen molar-refractivity contribution in [2.45, 2.75) is 65.5 Å². The van der Waals surface area contributed by atoms with Crippen LogP contribution in [-0.2, 0) is 4.74 Å². The van der Waals surface area contributed by atoms with Gasteiger partial charge in [0.15, 0.2) is 0 Å². The van der Waals surface area contributed by atoms with E-state index in [0.717, 1.165) is 32.4 Å². The highest BCUT2D eigenvalue weighted by atomic mass is 16.6. The Labute approximate surface area is 133 Å². The molecule has 2 rings (SSSR count). The highest BCUT2D eigenvalue weighted by Gasteiger charge is 2.30. The van der Waals surface area contributed by atoms with E-state index in [1.807, 2.05) is 25.7 Å². The van der Waals surface area contributed by atoms with E-state index in [2.05, 4.69) is 36.1 Å². The van der Waals surface area contributed by atoms with Crippen LogP contribution in [-0.4, -0.2) is 40.4 Å². The second-order valence-electron chi connectivity index (χ2n) is 7.14. The number of carbonyl (C=O) groups excluding carboxylic acids is 1. The number of likely N-dealkylation sites (tertiary alicyclic amines) is 1. The summed E-state index contributed by atoms with van der Waals surface area (Å²) in [5, 5.41) is 0. The maximum Gasteiger partial charge on any atom is 0.410 e. The molecule has 1 unspecified atom stereocenters. The molecule has 1 atom stereocenters. The number of piperidine rings is 1. The van der Waals surface area contributed by atoms with Crippen molar-refractivity contribution in [2.24, 2.45) is 0 Å². The number of nitrogens with one attached hydrogen (secondary N) is 1. The average Bonchev–Trinajstić information content (AvgIpc) is 2.74. The van der Waals surface area contributed by atoms with Crippen molar-refractivity contribution in [1.82, 2.24) is 9.58 Å². The first-order chi connectivity index (χ1) is 10.3. The largest absolute Gasteiger partial charge is 0.444 e. The number of carbonyl (C=O) groups is 1. The Kier molecular flexibility index (Phi) is 5.04. The van der Waals surface area contributed by atoms with E-state index in [-0.39, 0.29) is 12.1 Å². The van der Waals surface area contributed by atoms with E-state index < -0.39 is 5.60 Å². The van der Waals surface area contributed by atoms with Crippen LogP contribution in [0.2, 0.25) is 0 Å². The second kappa shape index (κ2) is 6.63. The molecule has 1 aromatic heterocycles. The van der Waals surface area contributed by atoms with Gasteiger partial charge in [-0.05, 0) is 66.0 Å². The third kappa shape index (κ3) is 4.18. The lowest BCUT2D eigenvalue weighted by Crippen LogP contribution is -2.49. The molecular formula is C17H29N3O2. The van der Waals surface area contributed by atoms with Crippen LogP contribution >= 0.6 is 0 Å². The lowest BCUT2D eigenvalue weighted by molar-refractivity contribution is 0.0111. The van der Waals surface area contributed by atoms with Crippen molar-refractivity contribution in [3.05, 3.63) is 23.5 Å². The van der Waals surface area contributed by atoms with Crippen LogP contribution in [0, 0.1) is 13.8 Å². The molecule has 0 spiro atoms. The van der Waals surface area contributed by atoms with Gasteiger partial charge in [-0.3, -0.25) is 4.68 Å². The molecule has 1 aliphatic heterocycles. The number of nitrogens with zero attached hydrogens (tertiary/aromatic N) is 2. The number of hydrogen-bond donors (Lipinski definition) is 1. The molecule has 0 saturated carbocycles. The minimum absolute atomic E-state index is 0.185. The minimum atomic E-state index is -0.444. The van der Waals surface area contributed by atoms with E-state index in [4.69, 9.17) is 4.74 Å². The molecule has 2 heterocycles. The molecule has 1 fully saturated rings. The van der Waals surface area contributed by atoms with Gasteiger partial charge >= 0.3 is 6.09 Å². The Balaban J connectivity index is 1.99. The fraction of sp³-hybridized carbons (Fsp3) is 0.706. The molecule has 1 aliphatic rings. The quantitative estimate of drug-likeness (QED) is 0.930. The van der Waals surface area contributed by atoms with Crippen LogP contribution in [0.15, 0.2) is 12.1 Å². The van der Waals surface area contributed by atoms with Crippen LogP contribution in [0.25, 0.3) is 0 Å². The summed E-state index contributed by atoms with van der Waals surface area (Å²) in [5.74, 6) is 0. The summed E-state index contributed by atoms with van der Waals surface area (Å²) in [6, 6.07) is 4.37. The van der Waals surface area contributed by atoms with Crippen LogP contribution in [0.5, 0.6) is 0 Å². The first-order valence-corrected chi connectivity index (χ1v) is 8.16. The summed E-state index contributed by atoms with van der Waals surface area (Å²) in [6.45, 7) is 11.4. The molecule has 0 bridgehead atoms. The molecule has 1 amide bonds. The standard InChI is InChI=1S/C17H29N3O2/c1-13-9-10-14(2)20(13)18-12-15-8-6-7-11-19(15)16(21)22-17(3,4)5/h9-10,15,18H,6-8,11-12H2,1-5H3. The monoisotopic (exact) mass is 307 g/mol. The van der Waals surface area contributed by atoms with E-state index in [0.29, 0.717) is 0 Å². The zero-order chi connectivity index (χ0) is 16.3. The highest BCUT2D eigenvalue weighted by Crippen LogP contribution is 2.20. The van der Waals surface area contributed by atoms with Gasteiger partial charge in [0.25, 0.3) is 0 Å². The number of rotatable bonds is 3. The Hall–Kier alpha value is -1.65. The van der Waals surface area contributed by atoms with Gasteiger partial charge in [-0.2, -0.15) is 0 Å². The summed E-state index contributed by atoms with van der Waals surface area (Å²) >= 11 is 0. The number of aryl methyl sites for hydroxylation is 2. The summed E-state index contributed by atoms with van der Waals surface area (Å²) in [5.41, 5.74) is 5.36. The van der Waals surface area contributed by atoms with Crippen molar-refractivity contribution < 1.29 is 9.53 Å². The summed E-state index contributed by atoms with van der Waals surface area (Å²) < 4.78 is 7.63. The lowest BCUT2D eigenvalue weighted by atomic mass is 10.0. The van der Waals surface area contributed by atoms with E-state index in [1.54, 1.807) is 0 Å². The Morgan fingerprint density at radius 2 is 1.91 bits per heavy atom. The predicted octanol–water partition coefficient (Wildman–Crippen LogP) is 3.44. The third-order valence-corrected chi connectivity index (χ3v) is 4.01. The molecule has 5 nitrogen and oxygen atoms in total. The number of ether oxygens (including phenoxy) is 1. The molecule has 1 N–H and O–H groups in total. The van der Waals surface area contributed by atoms with Crippen molar-refractivity contribution in [3.8, 4) is 0 Å². The van der Waals surface area contributed by atoms with Gasteiger partial charge < -0.3 is 15.1 Å². The normalized spacial score (nSPS) is 19.1. The van der Waals surface area contributed by atoms with Gasteiger partial charge in [0, 0.05) is 17.9 Å². The molecule has 0 radical (unpaired) electrons. The SMILES string of the molecule is Cc1ccc(C)n1NCC1CCCCN1C(=O)OC(C)(C)C.